The van der Waals surface area contributed by atoms with Gasteiger partial charge >= 0.3 is 0 Å². The van der Waals surface area contributed by atoms with Gasteiger partial charge in [0.25, 0.3) is 0 Å². The Morgan fingerprint density at radius 2 is 1.89 bits per heavy atom. The molecular weight excluding hydrogens is 252 g/mol. The van der Waals surface area contributed by atoms with Crippen LogP contribution in [0.1, 0.15) is 12.0 Å². The number of rotatable bonds is 3. The van der Waals surface area contributed by atoms with E-state index in [1.54, 1.807) is 4.90 Å². The highest BCUT2D eigenvalue weighted by atomic mass is 32.2. The van der Waals surface area contributed by atoms with Crippen molar-refractivity contribution in [1.29, 1.82) is 0 Å². The number of hydrogen-bond acceptors (Lipinski definition) is 3. The molecule has 1 aromatic carbocycles. The molecule has 1 aliphatic heterocycles. The van der Waals surface area contributed by atoms with Gasteiger partial charge in [-0.25, -0.2) is 13.1 Å². The summed E-state index contributed by atoms with van der Waals surface area (Å²) in [6.07, 6.45) is 1.31. The molecule has 2 rings (SSSR count). The third-order valence-corrected chi connectivity index (χ3v) is 3.61. The Hall–Kier alpha value is -1.40. The summed E-state index contributed by atoms with van der Waals surface area (Å²) < 4.78 is 24.8. The summed E-state index contributed by atoms with van der Waals surface area (Å²) in [7, 11) is -3.27. The zero-order valence-corrected chi connectivity index (χ0v) is 11.2. The van der Waals surface area contributed by atoms with Crippen molar-refractivity contribution in [3.05, 3.63) is 29.8 Å². The van der Waals surface area contributed by atoms with Crippen molar-refractivity contribution in [2.24, 2.45) is 0 Å². The Morgan fingerprint density at radius 3 is 2.44 bits per heavy atom. The average Bonchev–Trinajstić information content (AvgIpc) is 2.58. The molecule has 1 fully saturated rings. The van der Waals surface area contributed by atoms with Crippen LogP contribution in [0.3, 0.4) is 0 Å². The molecule has 0 spiro atoms. The maximum absolute atomic E-state index is 11.8. The smallest absolute Gasteiger partial charge is 0.228 e. The van der Waals surface area contributed by atoms with E-state index >= 15 is 0 Å². The first-order valence-electron chi connectivity index (χ1n) is 5.69. The molecule has 5 nitrogen and oxygen atoms in total. The normalized spacial score (nSPS) is 20.4. The van der Waals surface area contributed by atoms with Gasteiger partial charge in [-0.3, -0.25) is 4.79 Å². The summed E-state index contributed by atoms with van der Waals surface area (Å²) in [4.78, 5) is 13.5. The Balaban J connectivity index is 2.12. The lowest BCUT2D eigenvalue weighted by Crippen LogP contribution is -2.36. The third kappa shape index (κ3) is 3.08. The van der Waals surface area contributed by atoms with E-state index in [0.29, 0.717) is 6.54 Å². The van der Waals surface area contributed by atoms with Gasteiger partial charge in [0.2, 0.25) is 15.9 Å². The van der Waals surface area contributed by atoms with Crippen LogP contribution in [0.5, 0.6) is 0 Å². The summed E-state index contributed by atoms with van der Waals surface area (Å²) in [6.45, 7) is 2.36. The first kappa shape index (κ1) is 13.0. The van der Waals surface area contributed by atoms with Gasteiger partial charge < -0.3 is 4.90 Å². The molecule has 1 aliphatic rings. The zero-order valence-electron chi connectivity index (χ0n) is 10.4. The fourth-order valence-electron chi connectivity index (χ4n) is 2.06. The fraction of sp³-hybridized carbons (Fsp3) is 0.417. The molecule has 1 amide bonds. The molecule has 1 aromatic rings. The van der Waals surface area contributed by atoms with Gasteiger partial charge in [-0.15, -0.1) is 0 Å². The highest BCUT2D eigenvalue weighted by molar-refractivity contribution is 7.88. The molecule has 0 bridgehead atoms. The number of nitrogens with one attached hydrogen (secondary N) is 1. The number of sulfonamides is 1. The van der Waals surface area contributed by atoms with Gasteiger partial charge in [0.15, 0.2) is 0 Å². The minimum atomic E-state index is -3.27. The van der Waals surface area contributed by atoms with Gasteiger partial charge in [0.1, 0.15) is 0 Å². The number of anilines is 1. The predicted molar refractivity (Wildman–Crippen MR) is 69.9 cm³/mol. The van der Waals surface area contributed by atoms with E-state index in [1.165, 1.54) is 0 Å². The summed E-state index contributed by atoms with van der Waals surface area (Å²) in [6, 6.07) is 7.26. The summed E-state index contributed by atoms with van der Waals surface area (Å²) in [5.41, 5.74) is 1.93. The number of nitrogens with zero attached hydrogens (tertiary/aromatic N) is 1. The first-order chi connectivity index (χ1) is 8.35. The minimum absolute atomic E-state index is 0.0556. The van der Waals surface area contributed by atoms with Crippen LogP contribution in [0.2, 0.25) is 0 Å². The molecular formula is C12H16N2O3S. The standard InChI is InChI=1S/C12H16N2O3S/c1-9-3-5-11(6-4-9)14-8-10(7-12(14)15)13-18(2,16)17/h3-6,10,13H,7-8H2,1-2H3. The molecule has 1 saturated heterocycles. The van der Waals surface area contributed by atoms with Crippen LogP contribution < -0.4 is 9.62 Å². The van der Waals surface area contributed by atoms with Gasteiger partial charge in [-0.1, -0.05) is 17.7 Å². The molecule has 98 valence electrons. The van der Waals surface area contributed by atoms with E-state index in [2.05, 4.69) is 4.72 Å². The van der Waals surface area contributed by atoms with Crippen LogP contribution in [-0.4, -0.2) is 33.2 Å². The summed E-state index contributed by atoms with van der Waals surface area (Å²) in [5, 5.41) is 0. The molecule has 0 aromatic heterocycles. The van der Waals surface area contributed by atoms with Gasteiger partial charge in [0.05, 0.1) is 6.26 Å². The molecule has 1 heterocycles. The zero-order chi connectivity index (χ0) is 13.3. The third-order valence-electron chi connectivity index (χ3n) is 2.85. The topological polar surface area (TPSA) is 66.5 Å². The van der Waals surface area contributed by atoms with Gasteiger partial charge in [-0.2, -0.15) is 0 Å². The largest absolute Gasteiger partial charge is 0.311 e. The van der Waals surface area contributed by atoms with Crippen LogP contribution in [0, 0.1) is 6.92 Å². The van der Waals surface area contributed by atoms with Crippen molar-refractivity contribution in [1.82, 2.24) is 4.72 Å². The minimum Gasteiger partial charge on any atom is -0.311 e. The maximum atomic E-state index is 11.8. The van der Waals surface area contributed by atoms with Crippen LogP contribution in [0.25, 0.3) is 0 Å². The predicted octanol–water partition coefficient (Wildman–Crippen LogP) is 0.650. The number of amides is 1. The lowest BCUT2D eigenvalue weighted by molar-refractivity contribution is -0.117. The average molecular weight is 268 g/mol. The molecule has 0 saturated carbocycles. The van der Waals surface area contributed by atoms with Crippen molar-refractivity contribution in [2.75, 3.05) is 17.7 Å². The van der Waals surface area contributed by atoms with Crippen LogP contribution in [-0.2, 0) is 14.8 Å². The molecule has 6 heteroatoms. The van der Waals surface area contributed by atoms with Crippen molar-refractivity contribution < 1.29 is 13.2 Å². The first-order valence-corrected chi connectivity index (χ1v) is 7.58. The number of carbonyl (C=O) groups is 1. The quantitative estimate of drug-likeness (QED) is 0.875. The highest BCUT2D eigenvalue weighted by Gasteiger charge is 2.31. The lowest BCUT2D eigenvalue weighted by atomic mass is 10.2. The van der Waals surface area contributed by atoms with Gasteiger partial charge in [0, 0.05) is 24.7 Å². The van der Waals surface area contributed by atoms with Gasteiger partial charge in [-0.05, 0) is 19.1 Å². The molecule has 0 radical (unpaired) electrons. The highest BCUT2D eigenvalue weighted by Crippen LogP contribution is 2.22. The summed E-state index contributed by atoms with van der Waals surface area (Å²) >= 11 is 0. The number of aryl methyl sites for hydroxylation is 1. The molecule has 18 heavy (non-hydrogen) atoms. The van der Waals surface area contributed by atoms with Crippen molar-refractivity contribution in [3.63, 3.8) is 0 Å². The monoisotopic (exact) mass is 268 g/mol. The number of hydrogen-bond donors (Lipinski definition) is 1. The van der Waals surface area contributed by atoms with Crippen molar-refractivity contribution in [2.45, 2.75) is 19.4 Å². The lowest BCUT2D eigenvalue weighted by Gasteiger charge is -2.17. The maximum Gasteiger partial charge on any atom is 0.228 e. The van der Waals surface area contributed by atoms with E-state index in [9.17, 15) is 13.2 Å². The Kier molecular flexibility index (Phi) is 3.41. The fourth-order valence-corrected chi connectivity index (χ4v) is 2.83. The van der Waals surface area contributed by atoms with Crippen molar-refractivity contribution >= 4 is 21.6 Å². The van der Waals surface area contributed by atoms with E-state index in [-0.39, 0.29) is 18.4 Å². The molecule has 1 N–H and O–H groups in total. The second kappa shape index (κ2) is 4.70. The van der Waals surface area contributed by atoms with Crippen LogP contribution in [0.4, 0.5) is 5.69 Å². The number of benzene rings is 1. The summed E-state index contributed by atoms with van der Waals surface area (Å²) in [5.74, 6) is -0.0556. The Bertz CT molecular complexity index is 551. The van der Waals surface area contributed by atoms with E-state index in [4.69, 9.17) is 0 Å². The Morgan fingerprint density at radius 1 is 1.28 bits per heavy atom. The number of carbonyl (C=O) groups excluding carboxylic acids is 1. The molecule has 1 unspecified atom stereocenters. The second-order valence-corrected chi connectivity index (χ2v) is 6.41. The Labute approximate surface area is 107 Å². The van der Waals surface area contributed by atoms with Crippen LogP contribution in [0.15, 0.2) is 24.3 Å². The molecule has 1 atom stereocenters. The van der Waals surface area contributed by atoms with Crippen molar-refractivity contribution in [3.8, 4) is 0 Å². The second-order valence-electron chi connectivity index (χ2n) is 4.63. The molecule has 0 aliphatic carbocycles. The van der Waals surface area contributed by atoms with E-state index in [0.717, 1.165) is 17.5 Å². The van der Waals surface area contributed by atoms with E-state index in [1.807, 2.05) is 31.2 Å². The van der Waals surface area contributed by atoms with Crippen LogP contribution >= 0.6 is 0 Å². The van der Waals surface area contributed by atoms with E-state index < -0.39 is 10.0 Å². The SMILES string of the molecule is Cc1ccc(N2CC(NS(C)(=O)=O)CC2=O)cc1.